The largest absolute Gasteiger partial charge is 0.298 e. The van der Waals surface area contributed by atoms with Crippen LogP contribution in [0.25, 0.3) is 11.4 Å². The number of aromatic nitrogens is 3. The summed E-state index contributed by atoms with van der Waals surface area (Å²) in [5.41, 5.74) is 1.47. The molecule has 1 unspecified atom stereocenters. The molecule has 1 saturated heterocycles. The zero-order valence-electron chi connectivity index (χ0n) is 10.9. The van der Waals surface area contributed by atoms with Crippen LogP contribution in [0.4, 0.5) is 0 Å². The highest BCUT2D eigenvalue weighted by atomic mass is 79.9. The molecule has 3 rings (SSSR count). The third-order valence-electron chi connectivity index (χ3n) is 3.44. The molecule has 0 amide bonds. The highest BCUT2D eigenvalue weighted by Crippen LogP contribution is 2.27. The molecule has 0 radical (unpaired) electrons. The standard InChI is InChI=1S/C13H12BrN3O3S/c14-10-1-2-12(15-5-10)13-9(7-18)6-17(16-13)11-3-4-21(19,20)8-11/h1-2,5-7,11H,3-4,8H2. The van der Waals surface area contributed by atoms with Crippen molar-refractivity contribution in [3.63, 3.8) is 0 Å². The third-order valence-corrected chi connectivity index (χ3v) is 5.66. The van der Waals surface area contributed by atoms with E-state index < -0.39 is 9.84 Å². The predicted molar refractivity (Wildman–Crippen MR) is 80.9 cm³/mol. The van der Waals surface area contributed by atoms with E-state index in [4.69, 9.17) is 0 Å². The van der Waals surface area contributed by atoms with Gasteiger partial charge < -0.3 is 0 Å². The second-order valence-electron chi connectivity index (χ2n) is 4.95. The number of pyridine rings is 1. The summed E-state index contributed by atoms with van der Waals surface area (Å²) < 4.78 is 25.5. The van der Waals surface area contributed by atoms with Gasteiger partial charge in [-0.1, -0.05) is 0 Å². The van der Waals surface area contributed by atoms with Crippen molar-refractivity contribution < 1.29 is 13.2 Å². The Hall–Kier alpha value is -1.54. The molecule has 0 spiro atoms. The van der Waals surface area contributed by atoms with Crippen molar-refractivity contribution in [2.45, 2.75) is 12.5 Å². The van der Waals surface area contributed by atoms with Gasteiger partial charge in [0.2, 0.25) is 0 Å². The van der Waals surface area contributed by atoms with E-state index in [1.807, 2.05) is 6.07 Å². The lowest BCUT2D eigenvalue weighted by Crippen LogP contribution is -2.11. The topological polar surface area (TPSA) is 81.9 Å². The summed E-state index contributed by atoms with van der Waals surface area (Å²) in [4.78, 5) is 15.4. The van der Waals surface area contributed by atoms with E-state index >= 15 is 0 Å². The summed E-state index contributed by atoms with van der Waals surface area (Å²) >= 11 is 3.30. The number of aldehydes is 1. The van der Waals surface area contributed by atoms with Gasteiger partial charge in [-0.2, -0.15) is 5.10 Å². The van der Waals surface area contributed by atoms with Crippen LogP contribution < -0.4 is 0 Å². The van der Waals surface area contributed by atoms with Crippen molar-refractivity contribution in [1.82, 2.24) is 14.8 Å². The molecule has 2 aromatic rings. The predicted octanol–water partition coefficient (Wildman–Crippen LogP) is 1.88. The van der Waals surface area contributed by atoms with Crippen molar-refractivity contribution >= 4 is 32.1 Å². The maximum atomic E-state index is 11.6. The normalized spacial score (nSPS) is 20.5. The van der Waals surface area contributed by atoms with Gasteiger partial charge in [0.05, 0.1) is 28.8 Å². The van der Waals surface area contributed by atoms with Crippen LogP contribution >= 0.6 is 15.9 Å². The van der Waals surface area contributed by atoms with Crippen LogP contribution in [-0.2, 0) is 9.84 Å². The Bertz CT molecular complexity index is 783. The van der Waals surface area contributed by atoms with Crippen LogP contribution in [0, 0.1) is 0 Å². The smallest absolute Gasteiger partial charge is 0.153 e. The molecule has 8 heteroatoms. The molecular formula is C13H12BrN3O3S. The number of rotatable bonds is 3. The van der Waals surface area contributed by atoms with Gasteiger partial charge in [-0.3, -0.25) is 14.5 Å². The van der Waals surface area contributed by atoms with Gasteiger partial charge >= 0.3 is 0 Å². The molecule has 1 atom stereocenters. The fourth-order valence-electron chi connectivity index (χ4n) is 2.38. The van der Waals surface area contributed by atoms with Crippen LogP contribution in [0.2, 0.25) is 0 Å². The summed E-state index contributed by atoms with van der Waals surface area (Å²) in [5, 5.41) is 4.37. The molecule has 0 saturated carbocycles. The summed E-state index contributed by atoms with van der Waals surface area (Å²) in [6.45, 7) is 0. The summed E-state index contributed by atoms with van der Waals surface area (Å²) in [6, 6.07) is 3.36. The first-order chi connectivity index (χ1) is 9.98. The fraction of sp³-hybridized carbons (Fsp3) is 0.308. The molecule has 3 heterocycles. The number of nitrogens with zero attached hydrogens (tertiary/aromatic N) is 3. The van der Waals surface area contributed by atoms with Gasteiger partial charge in [0.25, 0.3) is 0 Å². The van der Waals surface area contributed by atoms with E-state index in [2.05, 4.69) is 26.0 Å². The minimum atomic E-state index is -3.00. The molecule has 0 aliphatic carbocycles. The zero-order valence-corrected chi connectivity index (χ0v) is 13.3. The fourth-order valence-corrected chi connectivity index (χ4v) is 4.32. The maximum Gasteiger partial charge on any atom is 0.153 e. The molecule has 1 aliphatic heterocycles. The number of halogens is 1. The Morgan fingerprint density at radius 2 is 2.19 bits per heavy atom. The second kappa shape index (κ2) is 5.34. The van der Waals surface area contributed by atoms with Gasteiger partial charge in [0, 0.05) is 16.9 Å². The van der Waals surface area contributed by atoms with Gasteiger partial charge in [-0.15, -0.1) is 0 Å². The molecule has 0 N–H and O–H groups in total. The van der Waals surface area contributed by atoms with Crippen molar-refractivity contribution in [3.8, 4) is 11.4 Å². The van der Waals surface area contributed by atoms with Crippen LogP contribution in [0.5, 0.6) is 0 Å². The number of carbonyl (C=O) groups excluding carboxylic acids is 1. The van der Waals surface area contributed by atoms with Crippen LogP contribution in [0.3, 0.4) is 0 Å². The Balaban J connectivity index is 1.99. The number of hydrogen-bond acceptors (Lipinski definition) is 5. The van der Waals surface area contributed by atoms with Crippen molar-refractivity contribution in [1.29, 1.82) is 0 Å². The lowest BCUT2D eigenvalue weighted by atomic mass is 10.2. The molecule has 2 aromatic heterocycles. The number of carbonyl (C=O) groups is 1. The minimum Gasteiger partial charge on any atom is -0.298 e. The number of sulfone groups is 1. The lowest BCUT2D eigenvalue weighted by molar-refractivity contribution is 0.112. The first-order valence-corrected chi connectivity index (χ1v) is 8.96. The van der Waals surface area contributed by atoms with Crippen molar-refractivity contribution in [2.24, 2.45) is 0 Å². The molecule has 110 valence electrons. The van der Waals surface area contributed by atoms with Crippen LogP contribution in [0.15, 0.2) is 29.0 Å². The minimum absolute atomic E-state index is 0.0696. The Kier molecular flexibility index (Phi) is 3.66. The Labute approximate surface area is 130 Å². The Morgan fingerprint density at radius 3 is 2.76 bits per heavy atom. The SMILES string of the molecule is O=Cc1cn(C2CCS(=O)(=O)C2)nc1-c1ccc(Br)cn1. The van der Waals surface area contributed by atoms with E-state index in [0.29, 0.717) is 29.7 Å². The molecule has 0 bridgehead atoms. The van der Waals surface area contributed by atoms with Gasteiger partial charge in [0.1, 0.15) is 5.69 Å². The first-order valence-electron chi connectivity index (χ1n) is 6.35. The van der Waals surface area contributed by atoms with Crippen molar-refractivity contribution in [2.75, 3.05) is 11.5 Å². The molecule has 1 fully saturated rings. The third kappa shape index (κ3) is 2.91. The zero-order chi connectivity index (χ0) is 15.0. The lowest BCUT2D eigenvalue weighted by Gasteiger charge is -2.07. The van der Waals surface area contributed by atoms with Gasteiger partial charge in [-0.05, 0) is 34.5 Å². The highest BCUT2D eigenvalue weighted by molar-refractivity contribution is 9.10. The summed E-state index contributed by atoms with van der Waals surface area (Å²) in [5.74, 6) is 0.236. The molecule has 21 heavy (non-hydrogen) atoms. The first kappa shape index (κ1) is 14.4. The van der Waals surface area contributed by atoms with Gasteiger partial charge in [0.15, 0.2) is 16.1 Å². The quantitative estimate of drug-likeness (QED) is 0.771. The molecular weight excluding hydrogens is 358 g/mol. The molecule has 0 aromatic carbocycles. The second-order valence-corrected chi connectivity index (χ2v) is 8.09. The Morgan fingerprint density at radius 1 is 1.38 bits per heavy atom. The highest BCUT2D eigenvalue weighted by Gasteiger charge is 2.30. The summed E-state index contributed by atoms with van der Waals surface area (Å²) in [6.07, 6.45) is 4.46. The average Bonchev–Trinajstić information content (AvgIpc) is 3.02. The van der Waals surface area contributed by atoms with E-state index in [1.165, 1.54) is 0 Å². The van der Waals surface area contributed by atoms with E-state index in [0.717, 1.165) is 4.47 Å². The van der Waals surface area contributed by atoms with E-state index in [-0.39, 0.29) is 17.5 Å². The van der Waals surface area contributed by atoms with Crippen LogP contribution in [-0.4, -0.2) is 41.0 Å². The average molecular weight is 370 g/mol. The summed E-state index contributed by atoms with van der Waals surface area (Å²) in [7, 11) is -3.00. The van der Waals surface area contributed by atoms with E-state index in [9.17, 15) is 13.2 Å². The van der Waals surface area contributed by atoms with Crippen LogP contribution in [0.1, 0.15) is 22.8 Å². The van der Waals surface area contributed by atoms with E-state index in [1.54, 1.807) is 23.1 Å². The maximum absolute atomic E-state index is 11.6. The van der Waals surface area contributed by atoms with Gasteiger partial charge in [-0.25, -0.2) is 8.42 Å². The number of hydrogen-bond donors (Lipinski definition) is 0. The molecule has 1 aliphatic rings. The monoisotopic (exact) mass is 369 g/mol. The molecule has 6 nitrogen and oxygen atoms in total. The van der Waals surface area contributed by atoms with Crippen molar-refractivity contribution in [3.05, 3.63) is 34.6 Å².